The van der Waals surface area contributed by atoms with Crippen LogP contribution in [0.5, 0.6) is 0 Å². The monoisotopic (exact) mass is 406 g/mol. The topological polar surface area (TPSA) is 98.5 Å². The molecule has 0 atom stereocenters. The molecule has 0 aromatic heterocycles. The molecule has 0 aliphatic rings. The van der Waals surface area contributed by atoms with Gasteiger partial charge in [0.2, 0.25) is 0 Å². The Kier molecular flexibility index (Phi) is 6.24. The van der Waals surface area contributed by atoms with Crippen LogP contribution >= 0.6 is 15.9 Å². The molecule has 25 heavy (non-hydrogen) atoms. The molecule has 7 nitrogen and oxygen atoms in total. The number of nitrogens with zero attached hydrogens (tertiary/aromatic N) is 1. The van der Waals surface area contributed by atoms with Crippen LogP contribution in [0.15, 0.2) is 46.9 Å². The van der Waals surface area contributed by atoms with Crippen LogP contribution in [0, 0.1) is 10.1 Å². The molecule has 0 spiro atoms. The third-order valence-electron chi connectivity index (χ3n) is 3.38. The largest absolute Gasteiger partial charge is 0.452 e. The molecule has 0 unspecified atom stereocenters. The van der Waals surface area contributed by atoms with Gasteiger partial charge in [-0.1, -0.05) is 35.0 Å². The minimum absolute atomic E-state index is 0.196. The molecule has 8 heteroatoms. The molecular formula is C17H15BrN2O5. The molecule has 2 aromatic rings. The summed E-state index contributed by atoms with van der Waals surface area (Å²) in [5.41, 5.74) is 0.984. The molecule has 0 aliphatic heterocycles. The molecule has 130 valence electrons. The van der Waals surface area contributed by atoms with Crippen LogP contribution in [0.4, 0.5) is 11.4 Å². The number of benzene rings is 2. The number of carbonyl (C=O) groups is 2. The summed E-state index contributed by atoms with van der Waals surface area (Å²) in [5, 5.41) is 13.6. The Morgan fingerprint density at radius 3 is 2.64 bits per heavy atom. The third-order valence-corrected chi connectivity index (χ3v) is 3.87. The zero-order valence-electron chi connectivity index (χ0n) is 13.3. The number of nitrogens with one attached hydrogen (secondary N) is 1. The van der Waals surface area contributed by atoms with Gasteiger partial charge in [-0.15, -0.1) is 0 Å². The van der Waals surface area contributed by atoms with Gasteiger partial charge in [0.25, 0.3) is 11.6 Å². The molecule has 0 aliphatic carbocycles. The van der Waals surface area contributed by atoms with E-state index in [2.05, 4.69) is 21.2 Å². The van der Waals surface area contributed by atoms with Gasteiger partial charge in [-0.25, -0.2) is 4.79 Å². The Balaban J connectivity index is 2.01. The molecule has 0 saturated heterocycles. The summed E-state index contributed by atoms with van der Waals surface area (Å²) in [6, 6.07) is 10.8. The van der Waals surface area contributed by atoms with E-state index in [1.165, 1.54) is 24.3 Å². The zero-order valence-corrected chi connectivity index (χ0v) is 14.9. The second kappa shape index (κ2) is 8.39. The van der Waals surface area contributed by atoms with Crippen molar-refractivity contribution in [2.75, 3.05) is 11.9 Å². The van der Waals surface area contributed by atoms with Crippen LogP contribution in [0.3, 0.4) is 0 Å². The lowest BCUT2D eigenvalue weighted by Gasteiger charge is -2.11. The Morgan fingerprint density at radius 1 is 1.24 bits per heavy atom. The number of amides is 1. The van der Waals surface area contributed by atoms with Gasteiger partial charge in [0.05, 0.1) is 4.92 Å². The summed E-state index contributed by atoms with van der Waals surface area (Å²) in [7, 11) is 0. The molecule has 1 N–H and O–H groups in total. The molecule has 0 radical (unpaired) electrons. The van der Waals surface area contributed by atoms with Crippen LogP contribution in [0.25, 0.3) is 0 Å². The fraction of sp³-hybridized carbons (Fsp3) is 0.176. The van der Waals surface area contributed by atoms with Crippen LogP contribution < -0.4 is 5.32 Å². The summed E-state index contributed by atoms with van der Waals surface area (Å²) >= 11 is 3.36. The average molecular weight is 407 g/mol. The lowest BCUT2D eigenvalue weighted by Crippen LogP contribution is -2.22. The van der Waals surface area contributed by atoms with Gasteiger partial charge >= 0.3 is 5.97 Å². The number of aryl methyl sites for hydroxylation is 1. The van der Waals surface area contributed by atoms with Gasteiger partial charge in [0.1, 0.15) is 5.56 Å². The van der Waals surface area contributed by atoms with E-state index in [-0.39, 0.29) is 11.3 Å². The average Bonchev–Trinajstić information content (AvgIpc) is 2.61. The summed E-state index contributed by atoms with van der Waals surface area (Å²) < 4.78 is 5.78. The number of esters is 1. The van der Waals surface area contributed by atoms with Crippen molar-refractivity contribution in [3.8, 4) is 0 Å². The molecule has 1 amide bonds. The van der Waals surface area contributed by atoms with E-state index in [0.29, 0.717) is 12.1 Å². The van der Waals surface area contributed by atoms with E-state index in [4.69, 9.17) is 4.74 Å². The molecule has 0 fully saturated rings. The number of rotatable bonds is 6. The maximum absolute atomic E-state index is 12.0. The maximum Gasteiger partial charge on any atom is 0.345 e. The molecule has 2 aromatic carbocycles. The predicted octanol–water partition coefficient (Wildman–Crippen LogP) is 3.72. The van der Waals surface area contributed by atoms with E-state index in [1.54, 1.807) is 12.1 Å². The van der Waals surface area contributed by atoms with Crippen molar-refractivity contribution >= 4 is 39.2 Å². The minimum Gasteiger partial charge on any atom is -0.452 e. The predicted molar refractivity (Wildman–Crippen MR) is 95.5 cm³/mol. The maximum atomic E-state index is 12.0. The van der Waals surface area contributed by atoms with Gasteiger partial charge in [0.15, 0.2) is 6.61 Å². The molecule has 0 heterocycles. The Hall–Kier alpha value is -2.74. The first-order valence-electron chi connectivity index (χ1n) is 7.41. The standard InChI is InChI=1S/C17H15BrN2O5/c1-2-11-9-12(18)7-8-14(11)19-16(21)10-25-17(22)13-5-3-4-6-15(13)20(23)24/h3-9H,2,10H2,1H3,(H,19,21). The zero-order chi connectivity index (χ0) is 18.4. The number of ether oxygens (including phenoxy) is 1. The highest BCUT2D eigenvalue weighted by Crippen LogP contribution is 2.22. The van der Waals surface area contributed by atoms with E-state index in [9.17, 15) is 19.7 Å². The fourth-order valence-electron chi connectivity index (χ4n) is 2.18. The van der Waals surface area contributed by atoms with Crippen molar-refractivity contribution in [2.24, 2.45) is 0 Å². The number of halogens is 1. The van der Waals surface area contributed by atoms with Crippen LogP contribution in [0.2, 0.25) is 0 Å². The quantitative estimate of drug-likeness (QED) is 0.447. The SMILES string of the molecule is CCc1cc(Br)ccc1NC(=O)COC(=O)c1ccccc1[N+](=O)[O-]. The van der Waals surface area contributed by atoms with E-state index >= 15 is 0 Å². The normalized spacial score (nSPS) is 10.2. The molecule has 2 rings (SSSR count). The van der Waals surface area contributed by atoms with Gasteiger partial charge in [0, 0.05) is 16.2 Å². The van der Waals surface area contributed by atoms with Crippen molar-refractivity contribution in [2.45, 2.75) is 13.3 Å². The Bertz CT molecular complexity index is 822. The Morgan fingerprint density at radius 2 is 1.96 bits per heavy atom. The van der Waals surface area contributed by atoms with Crippen LogP contribution in [-0.4, -0.2) is 23.4 Å². The first-order chi connectivity index (χ1) is 11.9. The lowest BCUT2D eigenvalue weighted by molar-refractivity contribution is -0.385. The van der Waals surface area contributed by atoms with Crippen LogP contribution in [0.1, 0.15) is 22.8 Å². The van der Waals surface area contributed by atoms with Crippen molar-refractivity contribution in [1.82, 2.24) is 0 Å². The van der Waals surface area contributed by atoms with Gasteiger partial charge in [-0.2, -0.15) is 0 Å². The van der Waals surface area contributed by atoms with Gasteiger partial charge in [-0.3, -0.25) is 14.9 Å². The van der Waals surface area contributed by atoms with Gasteiger partial charge in [-0.05, 0) is 36.2 Å². The van der Waals surface area contributed by atoms with Gasteiger partial charge < -0.3 is 10.1 Å². The smallest absolute Gasteiger partial charge is 0.345 e. The number of hydrogen-bond acceptors (Lipinski definition) is 5. The van der Waals surface area contributed by atoms with E-state index in [0.717, 1.165) is 10.0 Å². The van der Waals surface area contributed by atoms with Crippen molar-refractivity contribution in [3.63, 3.8) is 0 Å². The third kappa shape index (κ3) is 4.87. The fourth-order valence-corrected chi connectivity index (χ4v) is 2.59. The number of anilines is 1. The minimum atomic E-state index is -0.922. The molecule has 0 bridgehead atoms. The van der Waals surface area contributed by atoms with E-state index < -0.39 is 23.4 Å². The van der Waals surface area contributed by atoms with Crippen molar-refractivity contribution in [1.29, 1.82) is 0 Å². The first kappa shape index (κ1) is 18.6. The highest BCUT2D eigenvalue weighted by atomic mass is 79.9. The summed E-state index contributed by atoms with van der Waals surface area (Å²) in [6.45, 7) is 1.41. The molecular weight excluding hydrogens is 392 g/mol. The second-order valence-electron chi connectivity index (χ2n) is 5.05. The second-order valence-corrected chi connectivity index (χ2v) is 5.97. The first-order valence-corrected chi connectivity index (χ1v) is 8.20. The number of nitro benzene ring substituents is 1. The van der Waals surface area contributed by atoms with Crippen molar-refractivity contribution in [3.05, 3.63) is 68.2 Å². The van der Waals surface area contributed by atoms with Crippen LogP contribution in [-0.2, 0) is 16.0 Å². The van der Waals surface area contributed by atoms with Crippen molar-refractivity contribution < 1.29 is 19.2 Å². The highest BCUT2D eigenvalue weighted by Gasteiger charge is 2.21. The summed E-state index contributed by atoms with van der Waals surface area (Å²) in [4.78, 5) is 34.2. The number of para-hydroxylation sites is 1. The number of nitro groups is 1. The van der Waals surface area contributed by atoms with E-state index in [1.807, 2.05) is 13.0 Å². The summed E-state index contributed by atoms with van der Waals surface area (Å²) in [6.07, 6.45) is 0.713. The lowest BCUT2D eigenvalue weighted by atomic mass is 10.1. The number of carbonyl (C=O) groups excluding carboxylic acids is 2. The Labute approximate surface area is 152 Å². The summed E-state index contributed by atoms with van der Waals surface area (Å²) in [5.74, 6) is -1.45. The highest BCUT2D eigenvalue weighted by molar-refractivity contribution is 9.10. The molecule has 0 saturated carbocycles. The number of hydrogen-bond donors (Lipinski definition) is 1.